The number of benzene rings is 1. The van der Waals surface area contributed by atoms with Crippen molar-refractivity contribution < 1.29 is 38.7 Å². The molecule has 256 valence electrons. The first-order valence-corrected chi connectivity index (χ1v) is 16.9. The van der Waals surface area contributed by atoms with Crippen LogP contribution in [0.15, 0.2) is 18.2 Å². The van der Waals surface area contributed by atoms with Crippen LogP contribution in [0.1, 0.15) is 95.0 Å². The molecule has 3 heterocycles. The molecule has 4 amide bonds. The van der Waals surface area contributed by atoms with E-state index in [1.165, 1.54) is 25.1 Å². The molecule has 0 spiro atoms. The minimum atomic E-state index is -0.963. The number of carbonyl (C=O) groups excluding carboxylic acids is 7. The molecule has 0 aliphatic carbocycles. The fourth-order valence-corrected chi connectivity index (χ4v) is 7.07. The zero-order chi connectivity index (χ0) is 34.4. The maximum absolute atomic E-state index is 14.5. The van der Waals surface area contributed by atoms with Crippen LogP contribution >= 0.6 is 0 Å². The Morgan fingerprint density at radius 3 is 2.43 bits per heavy atom. The molecule has 12 nitrogen and oxygen atoms in total. The lowest BCUT2D eigenvalue weighted by molar-refractivity contribution is -0.145. The normalized spacial score (nSPS) is 28.2. The zero-order valence-corrected chi connectivity index (χ0v) is 27.8. The average molecular weight is 653 g/mol. The summed E-state index contributed by atoms with van der Waals surface area (Å²) in [7, 11) is 0. The fraction of sp³-hybridized carbons (Fsp3) is 0.629. The van der Waals surface area contributed by atoms with E-state index in [2.05, 4.69) is 16.0 Å². The summed E-state index contributed by atoms with van der Waals surface area (Å²) in [6.45, 7) is 7.24. The number of phenols is 1. The van der Waals surface area contributed by atoms with Gasteiger partial charge >= 0.3 is 0 Å². The summed E-state index contributed by atoms with van der Waals surface area (Å²) in [5.41, 5.74) is 0.662. The van der Waals surface area contributed by atoms with Gasteiger partial charge in [-0.05, 0) is 74.6 Å². The van der Waals surface area contributed by atoms with Crippen molar-refractivity contribution in [3.8, 4) is 5.75 Å². The second kappa shape index (κ2) is 15.7. The number of rotatable bonds is 6. The molecule has 0 aromatic heterocycles. The average Bonchev–Trinajstić information content (AvgIpc) is 3.70. The number of nitrogens with zero attached hydrogens (tertiary/aromatic N) is 1. The number of aromatic hydroxyl groups is 1. The topological polar surface area (TPSA) is 179 Å². The molecule has 12 heteroatoms. The molecule has 4 rings (SSSR count). The maximum atomic E-state index is 14.5. The van der Waals surface area contributed by atoms with Gasteiger partial charge in [-0.3, -0.25) is 33.6 Å². The highest BCUT2D eigenvalue weighted by Crippen LogP contribution is 2.34. The molecule has 47 heavy (non-hydrogen) atoms. The summed E-state index contributed by atoms with van der Waals surface area (Å²) in [5.74, 6) is -4.51. The predicted molar refractivity (Wildman–Crippen MR) is 172 cm³/mol. The van der Waals surface area contributed by atoms with Gasteiger partial charge in [-0.1, -0.05) is 27.2 Å². The molecule has 0 saturated carbocycles. The van der Waals surface area contributed by atoms with Crippen LogP contribution in [-0.2, 0) is 35.2 Å². The van der Waals surface area contributed by atoms with Gasteiger partial charge in [-0.2, -0.15) is 0 Å². The number of hydrogen-bond acceptors (Lipinski definition) is 8. The van der Waals surface area contributed by atoms with Crippen molar-refractivity contribution in [1.29, 1.82) is 0 Å². The molecule has 2 fully saturated rings. The fourth-order valence-electron chi connectivity index (χ4n) is 7.07. The molecule has 3 aliphatic heterocycles. The Labute approximate surface area is 275 Å². The highest BCUT2D eigenvalue weighted by Gasteiger charge is 2.42. The first-order chi connectivity index (χ1) is 22.3. The van der Waals surface area contributed by atoms with Crippen LogP contribution in [0, 0.1) is 23.7 Å². The molecule has 0 radical (unpaired) electrons. The first kappa shape index (κ1) is 35.8. The lowest BCUT2D eigenvalue weighted by Crippen LogP contribution is -2.49. The molecule has 1 aromatic carbocycles. The minimum Gasteiger partial charge on any atom is -0.508 e. The van der Waals surface area contributed by atoms with E-state index in [0.29, 0.717) is 44.2 Å². The second-order valence-electron chi connectivity index (χ2n) is 13.7. The summed E-state index contributed by atoms with van der Waals surface area (Å²) in [4.78, 5) is 94.5. The number of fused-ring (bicyclic) bond motifs is 3. The van der Waals surface area contributed by atoms with E-state index in [1.54, 1.807) is 4.90 Å². The van der Waals surface area contributed by atoms with Crippen LogP contribution in [-0.4, -0.2) is 82.2 Å². The Hall–Kier alpha value is -4.09. The number of ketones is 3. The maximum Gasteiger partial charge on any atom is 0.242 e. The van der Waals surface area contributed by atoms with Gasteiger partial charge < -0.3 is 26.0 Å². The van der Waals surface area contributed by atoms with Crippen molar-refractivity contribution in [3.05, 3.63) is 29.3 Å². The molecule has 3 aliphatic rings. The zero-order valence-electron chi connectivity index (χ0n) is 27.8. The molecule has 4 N–H and O–H groups in total. The standard InChI is InChI=1S/C35H48N4O8/c1-5-21-14-23-15-22(8-10-28(23)40)31(43)18-36-33(45)20(4)37-34(46)24(13-19(2)3)16-30(42)27-7-6-12-39(27)35(47)25(21)17-29(41)26-9-11-32(44)38-26/h8,10,15,19-21,24-27,40H,5-7,9,11-14,16-18H2,1-4H3,(H,36,45)(H,37,46)(H,38,44)/t20-,21+,24+,25-,26+,27-/m0/s1. The summed E-state index contributed by atoms with van der Waals surface area (Å²) in [6, 6.07) is 1.96. The number of hydrogen-bond donors (Lipinski definition) is 4. The monoisotopic (exact) mass is 652 g/mol. The van der Waals surface area contributed by atoms with Crippen LogP contribution < -0.4 is 16.0 Å². The first-order valence-electron chi connectivity index (χ1n) is 16.9. The van der Waals surface area contributed by atoms with Crippen LogP contribution in [0.5, 0.6) is 5.75 Å². The Morgan fingerprint density at radius 1 is 1.02 bits per heavy atom. The van der Waals surface area contributed by atoms with Crippen molar-refractivity contribution >= 4 is 41.0 Å². The second-order valence-corrected chi connectivity index (χ2v) is 13.7. The van der Waals surface area contributed by atoms with Gasteiger partial charge in [0.05, 0.1) is 18.6 Å². The van der Waals surface area contributed by atoms with Gasteiger partial charge in [-0.25, -0.2) is 0 Å². The van der Waals surface area contributed by atoms with Crippen molar-refractivity contribution in [2.45, 2.75) is 104 Å². The summed E-state index contributed by atoms with van der Waals surface area (Å²) < 4.78 is 0. The van der Waals surface area contributed by atoms with E-state index in [0.717, 1.165) is 0 Å². The molecule has 1 aromatic rings. The van der Waals surface area contributed by atoms with Gasteiger partial charge in [0.2, 0.25) is 23.6 Å². The third-order valence-corrected chi connectivity index (χ3v) is 9.76. The van der Waals surface area contributed by atoms with E-state index in [-0.39, 0.29) is 72.8 Å². The van der Waals surface area contributed by atoms with Gasteiger partial charge in [-0.15, -0.1) is 0 Å². The third kappa shape index (κ3) is 8.84. The van der Waals surface area contributed by atoms with Crippen LogP contribution in [0.25, 0.3) is 0 Å². The van der Waals surface area contributed by atoms with Crippen molar-refractivity contribution in [3.63, 3.8) is 0 Å². The van der Waals surface area contributed by atoms with Gasteiger partial charge in [0, 0.05) is 43.2 Å². The van der Waals surface area contributed by atoms with Crippen LogP contribution in [0.2, 0.25) is 0 Å². The van der Waals surface area contributed by atoms with E-state index >= 15 is 0 Å². The van der Waals surface area contributed by atoms with Crippen LogP contribution in [0.3, 0.4) is 0 Å². The molecular weight excluding hydrogens is 604 g/mol. The minimum absolute atomic E-state index is 0.0720. The molecular formula is C35H48N4O8. The lowest BCUT2D eigenvalue weighted by atomic mass is 9.79. The van der Waals surface area contributed by atoms with Crippen LogP contribution in [0.4, 0.5) is 0 Å². The molecule has 6 atom stereocenters. The number of amides is 4. The smallest absolute Gasteiger partial charge is 0.242 e. The van der Waals surface area contributed by atoms with E-state index < -0.39 is 53.5 Å². The molecule has 0 unspecified atom stereocenters. The highest BCUT2D eigenvalue weighted by molar-refractivity contribution is 6.01. The number of Topliss-reactive ketones (excluding diaryl/α,β-unsaturated/α-hetero) is 3. The number of nitrogens with one attached hydrogen (secondary N) is 3. The van der Waals surface area contributed by atoms with E-state index in [4.69, 9.17) is 0 Å². The van der Waals surface area contributed by atoms with Crippen molar-refractivity contribution in [2.75, 3.05) is 13.1 Å². The predicted octanol–water partition coefficient (Wildman–Crippen LogP) is 2.24. The highest BCUT2D eigenvalue weighted by atomic mass is 16.3. The quantitative estimate of drug-likeness (QED) is 0.361. The summed E-state index contributed by atoms with van der Waals surface area (Å²) in [5, 5.41) is 18.7. The Morgan fingerprint density at radius 2 is 1.77 bits per heavy atom. The summed E-state index contributed by atoms with van der Waals surface area (Å²) >= 11 is 0. The Balaban J connectivity index is 1.73. The van der Waals surface area contributed by atoms with Crippen molar-refractivity contribution in [2.24, 2.45) is 23.7 Å². The van der Waals surface area contributed by atoms with E-state index in [1.807, 2.05) is 20.8 Å². The number of phenolic OH excluding ortho intramolecular Hbond substituents is 1. The Bertz CT molecular complexity index is 1410. The van der Waals surface area contributed by atoms with E-state index in [9.17, 15) is 38.7 Å². The molecule has 2 saturated heterocycles. The van der Waals surface area contributed by atoms with Gasteiger partial charge in [0.15, 0.2) is 17.3 Å². The SMILES string of the molecule is CC[C@@H]1Cc2cc(ccc2O)C(=O)CNC(=O)[C@H](C)NC(=O)[C@H](CC(C)C)CC(=O)[C@@H]2CCCN2C(=O)[C@H]1CC(=O)[C@H]1CCC(=O)N1. The number of carbonyl (C=O) groups is 7. The lowest BCUT2D eigenvalue weighted by Gasteiger charge is -2.33. The van der Waals surface area contributed by atoms with Crippen molar-refractivity contribution in [1.82, 2.24) is 20.9 Å². The molecule has 2 bridgehead atoms. The van der Waals surface area contributed by atoms with Gasteiger partial charge in [0.1, 0.15) is 11.8 Å². The summed E-state index contributed by atoms with van der Waals surface area (Å²) in [6.07, 6.45) is 2.35. The Kier molecular flexibility index (Phi) is 11.9. The third-order valence-electron chi connectivity index (χ3n) is 9.76. The largest absolute Gasteiger partial charge is 0.508 e. The van der Waals surface area contributed by atoms with Gasteiger partial charge in [0.25, 0.3) is 0 Å².